The summed E-state index contributed by atoms with van der Waals surface area (Å²) >= 11 is 0. The standard InChI is InChI=1S/2C18H16N4O3.C18H15N3O4/c23-17(9-8-14-5-2-1-3-6-14)21-12-10-15(13-21)20-18-16(22(24)25)7-4-11-19-18;23-17(9-8-14-5-2-1-3-6-14)20-15-10-12-21(13-15)18-16(22(24)25)7-4-11-19-18;22-17(9-8-14-5-2-1-3-6-14)25-15-10-12-20(13-15)18-16(21(23)24)7-4-11-19-18/h1-7,11,15H,10,12-13H2,(H,19,20);1-7,11,15H,10,12-13H2,(H,20,23);1-7,11,15H,10,12-13H2. The average molecular weight is 1010 g/mol. The monoisotopic (exact) mass is 1010 g/mol. The fourth-order valence-electron chi connectivity index (χ4n) is 7.97. The molecule has 6 aromatic rings. The average Bonchev–Trinajstić information content (AvgIpc) is 4.23. The van der Waals surface area contributed by atoms with Crippen LogP contribution in [-0.4, -0.2) is 110 Å². The van der Waals surface area contributed by atoms with Crippen LogP contribution in [0.2, 0.25) is 0 Å². The van der Waals surface area contributed by atoms with Crippen molar-refractivity contribution in [2.75, 3.05) is 54.4 Å². The van der Waals surface area contributed by atoms with Crippen LogP contribution in [0.15, 0.2) is 146 Å². The van der Waals surface area contributed by atoms with Gasteiger partial charge in [0.1, 0.15) is 6.10 Å². The van der Waals surface area contributed by atoms with E-state index in [-0.39, 0.29) is 52.9 Å². The molecule has 2 amide bonds. The minimum Gasteiger partial charge on any atom is -0.451 e. The molecule has 3 aromatic heterocycles. The van der Waals surface area contributed by atoms with E-state index in [2.05, 4.69) is 61.1 Å². The number of pyridine rings is 3. The molecule has 21 heteroatoms. The number of nitrogens with one attached hydrogen (secondary N) is 2. The zero-order valence-electron chi connectivity index (χ0n) is 40.1. The second-order valence-electron chi connectivity index (χ2n) is 16.7. The van der Waals surface area contributed by atoms with Gasteiger partial charge in [-0.2, -0.15) is 0 Å². The molecule has 0 radical (unpaired) electrons. The predicted molar refractivity (Wildman–Crippen MR) is 277 cm³/mol. The number of hydrogen-bond donors (Lipinski definition) is 2. The first-order valence-electron chi connectivity index (χ1n) is 23.5. The van der Waals surface area contributed by atoms with Crippen LogP contribution in [0.5, 0.6) is 0 Å². The highest BCUT2D eigenvalue weighted by Crippen LogP contribution is 2.30. The van der Waals surface area contributed by atoms with E-state index in [1.807, 2.05) is 83.8 Å². The molecule has 3 atom stereocenters. The number of benzene rings is 3. The molecule has 21 nitrogen and oxygen atoms in total. The van der Waals surface area contributed by atoms with Gasteiger partial charge in [-0.05, 0) is 67.4 Å². The SMILES string of the molecule is O=C(C#Cc1ccccc1)N1CCC(Nc2ncccc2[N+](=O)[O-])C1.O=C(C#Cc1ccccc1)NC1CCN(c2ncccc2[N+](=O)[O-])C1.O=C(C#Cc1ccccc1)OC1CCN(c2ncccc2[N+](=O)[O-])C1. The Hall–Kier alpha value is -10.2. The largest absolute Gasteiger partial charge is 0.451 e. The highest BCUT2D eigenvalue weighted by molar-refractivity contribution is 5.95. The number of esters is 1. The van der Waals surface area contributed by atoms with Crippen molar-refractivity contribution in [1.82, 2.24) is 25.2 Å². The molecular formula is C54H47N11O10. The number of amides is 2. The first-order chi connectivity index (χ1) is 36.4. The van der Waals surface area contributed by atoms with Crippen LogP contribution in [0.1, 0.15) is 36.0 Å². The number of anilines is 3. The van der Waals surface area contributed by atoms with E-state index in [4.69, 9.17) is 4.74 Å². The molecule has 0 bridgehead atoms. The lowest BCUT2D eigenvalue weighted by atomic mass is 10.2. The van der Waals surface area contributed by atoms with Gasteiger partial charge in [-0.25, -0.2) is 19.7 Å². The maximum atomic E-state index is 12.2. The summed E-state index contributed by atoms with van der Waals surface area (Å²) in [6, 6.07) is 36.3. The first kappa shape index (κ1) is 52.6. The minimum atomic E-state index is -0.605. The summed E-state index contributed by atoms with van der Waals surface area (Å²) in [6.07, 6.45) is 6.12. The van der Waals surface area contributed by atoms with E-state index in [9.17, 15) is 44.7 Å². The molecule has 2 N–H and O–H groups in total. The third kappa shape index (κ3) is 15.6. The summed E-state index contributed by atoms with van der Waals surface area (Å²) in [5, 5.41) is 39.1. The summed E-state index contributed by atoms with van der Waals surface area (Å²) in [6.45, 7) is 2.95. The molecule has 6 heterocycles. The molecule has 3 fully saturated rings. The van der Waals surface area contributed by atoms with Crippen molar-refractivity contribution in [2.24, 2.45) is 0 Å². The topological polar surface area (TPSA) is 262 Å². The number of likely N-dealkylation sites (tertiary alicyclic amines) is 1. The van der Waals surface area contributed by atoms with Gasteiger partial charge in [-0.3, -0.25) is 39.9 Å². The molecular weight excluding hydrogens is 963 g/mol. The molecule has 378 valence electrons. The number of aromatic nitrogens is 3. The molecule has 3 saturated heterocycles. The predicted octanol–water partition coefficient (Wildman–Crippen LogP) is 5.95. The van der Waals surface area contributed by atoms with Crippen LogP contribution in [0.25, 0.3) is 0 Å². The van der Waals surface area contributed by atoms with E-state index in [0.29, 0.717) is 70.2 Å². The number of ether oxygens (including phenoxy) is 1. The van der Waals surface area contributed by atoms with Crippen LogP contribution in [0.4, 0.5) is 34.5 Å². The summed E-state index contributed by atoms with van der Waals surface area (Å²) in [7, 11) is 0. The van der Waals surface area contributed by atoms with E-state index in [1.165, 1.54) is 55.0 Å². The van der Waals surface area contributed by atoms with Crippen molar-refractivity contribution in [1.29, 1.82) is 0 Å². The lowest BCUT2D eigenvalue weighted by Gasteiger charge is -2.17. The maximum Gasteiger partial charge on any atom is 0.385 e. The normalized spacial score (nSPS) is 16.0. The number of nitro groups is 3. The fraction of sp³-hybridized carbons (Fsp3) is 0.222. The molecule has 0 spiro atoms. The Labute approximate surface area is 430 Å². The molecule has 3 unspecified atom stereocenters. The molecule has 0 aliphatic carbocycles. The van der Waals surface area contributed by atoms with Crippen molar-refractivity contribution >= 4 is 52.3 Å². The lowest BCUT2D eigenvalue weighted by molar-refractivity contribution is -0.384. The highest BCUT2D eigenvalue weighted by Gasteiger charge is 2.32. The van der Waals surface area contributed by atoms with Gasteiger partial charge in [0.05, 0.1) is 21.3 Å². The van der Waals surface area contributed by atoms with Crippen LogP contribution in [0.3, 0.4) is 0 Å². The number of rotatable bonds is 9. The Bertz CT molecular complexity index is 3060. The minimum absolute atomic E-state index is 0.0293. The highest BCUT2D eigenvalue weighted by atomic mass is 16.6. The van der Waals surface area contributed by atoms with Crippen LogP contribution < -0.4 is 20.4 Å². The summed E-state index contributed by atoms with van der Waals surface area (Å²) in [4.78, 5) is 85.3. The summed E-state index contributed by atoms with van der Waals surface area (Å²) in [5.74, 6) is 15.7. The first-order valence-corrected chi connectivity index (χ1v) is 23.5. The molecule has 9 rings (SSSR count). The number of hydrogen-bond acceptors (Lipinski definition) is 16. The Balaban J connectivity index is 0.000000164. The number of nitrogens with zero attached hydrogens (tertiary/aromatic N) is 9. The van der Waals surface area contributed by atoms with Crippen molar-refractivity contribution in [3.8, 4) is 35.5 Å². The van der Waals surface area contributed by atoms with E-state index in [1.54, 1.807) is 21.9 Å². The fourth-order valence-corrected chi connectivity index (χ4v) is 7.97. The summed E-state index contributed by atoms with van der Waals surface area (Å²) < 4.78 is 5.33. The second-order valence-corrected chi connectivity index (χ2v) is 16.7. The quantitative estimate of drug-likeness (QED) is 0.0733. The molecule has 3 aromatic carbocycles. The molecule has 0 saturated carbocycles. The van der Waals surface area contributed by atoms with Crippen LogP contribution >= 0.6 is 0 Å². The van der Waals surface area contributed by atoms with Crippen molar-refractivity contribution in [3.63, 3.8) is 0 Å². The lowest BCUT2D eigenvalue weighted by Crippen LogP contribution is -2.36. The van der Waals surface area contributed by atoms with E-state index >= 15 is 0 Å². The van der Waals surface area contributed by atoms with Crippen molar-refractivity contribution in [2.45, 2.75) is 37.5 Å². The van der Waals surface area contributed by atoms with Gasteiger partial charge < -0.3 is 30.1 Å². The number of carbonyl (C=O) groups is 3. The second kappa shape index (κ2) is 26.3. The third-order valence-electron chi connectivity index (χ3n) is 11.5. The smallest absolute Gasteiger partial charge is 0.385 e. The Morgan fingerprint density at radius 1 is 0.533 bits per heavy atom. The molecule has 75 heavy (non-hydrogen) atoms. The Kier molecular flexibility index (Phi) is 18.5. The third-order valence-corrected chi connectivity index (χ3v) is 11.5. The zero-order chi connectivity index (χ0) is 52.9. The van der Waals surface area contributed by atoms with Gasteiger partial charge in [0.25, 0.3) is 11.8 Å². The number of carbonyl (C=O) groups excluding carboxylic acids is 3. The Morgan fingerprint density at radius 2 is 1.01 bits per heavy atom. The van der Waals surface area contributed by atoms with Gasteiger partial charge in [0.2, 0.25) is 17.5 Å². The van der Waals surface area contributed by atoms with Gasteiger partial charge in [0, 0.05) is 122 Å². The van der Waals surface area contributed by atoms with Crippen LogP contribution in [-0.2, 0) is 19.1 Å². The van der Waals surface area contributed by atoms with E-state index in [0.717, 1.165) is 16.7 Å². The van der Waals surface area contributed by atoms with E-state index < -0.39 is 20.7 Å². The summed E-state index contributed by atoms with van der Waals surface area (Å²) in [5.41, 5.74) is 2.13. The van der Waals surface area contributed by atoms with Gasteiger partial charge >= 0.3 is 23.0 Å². The molecule has 3 aliphatic heterocycles. The molecule has 3 aliphatic rings. The van der Waals surface area contributed by atoms with Crippen LogP contribution in [0, 0.1) is 65.9 Å². The van der Waals surface area contributed by atoms with Gasteiger partial charge in [-0.1, -0.05) is 72.4 Å². The maximum absolute atomic E-state index is 12.2. The van der Waals surface area contributed by atoms with Gasteiger partial charge in [0.15, 0.2) is 0 Å². The van der Waals surface area contributed by atoms with Crippen molar-refractivity contribution in [3.05, 3.63) is 193 Å². The van der Waals surface area contributed by atoms with Crippen molar-refractivity contribution < 1.29 is 33.9 Å². The zero-order valence-corrected chi connectivity index (χ0v) is 40.1. The Morgan fingerprint density at radius 3 is 1.57 bits per heavy atom. The van der Waals surface area contributed by atoms with Gasteiger partial charge in [-0.15, -0.1) is 0 Å².